The van der Waals surface area contributed by atoms with E-state index in [2.05, 4.69) is 20.4 Å². The fourth-order valence-electron chi connectivity index (χ4n) is 3.00. The fourth-order valence-corrected chi connectivity index (χ4v) is 3.00. The average molecular weight is 368 g/mol. The molecule has 0 saturated carbocycles. The highest BCUT2D eigenvalue weighted by Crippen LogP contribution is 2.25. The summed E-state index contributed by atoms with van der Waals surface area (Å²) in [7, 11) is 0. The average Bonchev–Trinajstić information content (AvgIpc) is 3.32. The monoisotopic (exact) mass is 368 g/mol. The van der Waals surface area contributed by atoms with Gasteiger partial charge in [0.25, 0.3) is 5.78 Å². The number of hydrogen-bond donors (Lipinski definition) is 1. The summed E-state index contributed by atoms with van der Waals surface area (Å²) < 4.78 is 15.7. The van der Waals surface area contributed by atoms with Gasteiger partial charge in [-0.1, -0.05) is 0 Å². The number of hydrogen-bond acceptors (Lipinski definition) is 5. The normalized spacial score (nSPS) is 13.9. The molecule has 4 rings (SSSR count). The molecule has 1 saturated heterocycles. The number of likely N-dealkylation sites (tertiary alicyclic amines) is 1. The summed E-state index contributed by atoms with van der Waals surface area (Å²) >= 11 is 0. The van der Waals surface area contributed by atoms with Gasteiger partial charge >= 0.3 is 6.03 Å². The number of Topliss-reactive ketones (excluding diaryl/α,β-unsaturated/α-hetero) is 1. The zero-order valence-corrected chi connectivity index (χ0v) is 14.6. The quantitative estimate of drug-likeness (QED) is 0.718. The Bertz CT molecular complexity index is 1040. The fraction of sp³-hybridized carbons (Fsp3) is 0.278. The van der Waals surface area contributed by atoms with Gasteiger partial charge in [0, 0.05) is 31.3 Å². The number of carbonyl (C=O) groups excluding carboxylic acids is 2. The molecular weight excluding hydrogens is 351 g/mol. The van der Waals surface area contributed by atoms with Crippen LogP contribution in [0.5, 0.6) is 0 Å². The van der Waals surface area contributed by atoms with Crippen LogP contribution in [0.1, 0.15) is 30.3 Å². The number of halogens is 1. The number of benzene rings is 1. The first-order chi connectivity index (χ1) is 13.0. The van der Waals surface area contributed by atoms with Gasteiger partial charge in [-0.05, 0) is 31.0 Å². The molecule has 3 heterocycles. The first-order valence-corrected chi connectivity index (χ1v) is 8.60. The summed E-state index contributed by atoms with van der Waals surface area (Å²) in [6, 6.07) is 4.11. The smallest absolute Gasteiger partial charge is 0.321 e. The highest BCUT2D eigenvalue weighted by Gasteiger charge is 2.19. The number of anilines is 1. The Balaban J connectivity index is 1.65. The molecule has 138 valence electrons. The Morgan fingerprint density at radius 2 is 2.00 bits per heavy atom. The minimum Gasteiger partial charge on any atom is -0.325 e. The third kappa shape index (κ3) is 3.35. The maximum atomic E-state index is 14.4. The van der Waals surface area contributed by atoms with E-state index in [0.717, 1.165) is 25.9 Å². The van der Waals surface area contributed by atoms with Gasteiger partial charge in [-0.3, -0.25) is 4.79 Å². The van der Waals surface area contributed by atoms with Crippen LogP contribution in [-0.4, -0.2) is 49.4 Å². The molecule has 1 aliphatic rings. The minimum absolute atomic E-state index is 0.193. The van der Waals surface area contributed by atoms with Crippen molar-refractivity contribution >= 4 is 23.3 Å². The number of aromatic nitrogens is 4. The molecule has 1 aromatic carbocycles. The van der Waals surface area contributed by atoms with Crippen molar-refractivity contribution in [2.45, 2.75) is 19.8 Å². The van der Waals surface area contributed by atoms with E-state index in [1.165, 1.54) is 42.0 Å². The van der Waals surface area contributed by atoms with Crippen molar-refractivity contribution in [2.75, 3.05) is 18.4 Å². The second-order valence-corrected chi connectivity index (χ2v) is 6.39. The molecule has 1 N–H and O–H groups in total. The first-order valence-electron chi connectivity index (χ1n) is 8.60. The molecule has 0 radical (unpaired) electrons. The number of imidazole rings is 1. The molecule has 1 fully saturated rings. The van der Waals surface area contributed by atoms with E-state index in [4.69, 9.17) is 0 Å². The van der Waals surface area contributed by atoms with Crippen molar-refractivity contribution in [1.29, 1.82) is 0 Å². The van der Waals surface area contributed by atoms with Crippen molar-refractivity contribution in [3.8, 4) is 11.3 Å². The zero-order valence-electron chi connectivity index (χ0n) is 14.6. The van der Waals surface area contributed by atoms with E-state index in [0.29, 0.717) is 11.4 Å². The van der Waals surface area contributed by atoms with Crippen LogP contribution in [-0.2, 0) is 0 Å². The van der Waals surface area contributed by atoms with Gasteiger partial charge < -0.3 is 10.2 Å². The summed E-state index contributed by atoms with van der Waals surface area (Å²) in [5.41, 5.74) is 1.20. The molecule has 0 aliphatic carbocycles. The van der Waals surface area contributed by atoms with Gasteiger partial charge in [-0.2, -0.15) is 5.10 Å². The Kier molecular flexibility index (Phi) is 4.27. The van der Waals surface area contributed by atoms with E-state index in [9.17, 15) is 14.0 Å². The maximum Gasteiger partial charge on any atom is 0.321 e. The van der Waals surface area contributed by atoms with Gasteiger partial charge in [0.15, 0.2) is 5.78 Å². The number of urea groups is 1. The number of carbonyl (C=O) groups is 2. The highest BCUT2D eigenvalue weighted by molar-refractivity contribution is 5.92. The topological polar surface area (TPSA) is 92.5 Å². The Hall–Kier alpha value is -3.36. The molecule has 27 heavy (non-hydrogen) atoms. The molecule has 8 nitrogen and oxygen atoms in total. The van der Waals surface area contributed by atoms with Crippen molar-refractivity contribution in [3.63, 3.8) is 0 Å². The largest absolute Gasteiger partial charge is 0.325 e. The second kappa shape index (κ2) is 6.75. The van der Waals surface area contributed by atoms with Crippen LogP contribution >= 0.6 is 0 Å². The Morgan fingerprint density at radius 1 is 1.22 bits per heavy atom. The molecule has 2 amide bonds. The van der Waals surface area contributed by atoms with Gasteiger partial charge in [0.2, 0.25) is 0 Å². The van der Waals surface area contributed by atoms with Gasteiger partial charge in [0.1, 0.15) is 11.5 Å². The van der Waals surface area contributed by atoms with Crippen LogP contribution < -0.4 is 5.32 Å². The number of nitrogens with zero attached hydrogens (tertiary/aromatic N) is 5. The van der Waals surface area contributed by atoms with Crippen LogP contribution in [0.3, 0.4) is 0 Å². The first kappa shape index (κ1) is 17.1. The van der Waals surface area contributed by atoms with Crippen molar-refractivity contribution in [1.82, 2.24) is 24.5 Å². The second-order valence-electron chi connectivity index (χ2n) is 6.39. The minimum atomic E-state index is -0.482. The summed E-state index contributed by atoms with van der Waals surface area (Å²) in [5, 5.41) is 6.91. The summed E-state index contributed by atoms with van der Waals surface area (Å²) in [6.07, 6.45) is 4.81. The maximum absolute atomic E-state index is 14.4. The number of amides is 2. The number of rotatable bonds is 3. The van der Waals surface area contributed by atoms with Crippen LogP contribution in [0.25, 0.3) is 17.0 Å². The van der Waals surface area contributed by atoms with Gasteiger partial charge in [0.05, 0.1) is 18.1 Å². The predicted octanol–water partition coefficient (Wildman–Crippen LogP) is 2.76. The molecule has 0 atom stereocenters. The van der Waals surface area contributed by atoms with Crippen molar-refractivity contribution < 1.29 is 14.0 Å². The molecule has 2 aromatic heterocycles. The van der Waals surface area contributed by atoms with Crippen molar-refractivity contribution in [2.24, 2.45) is 0 Å². The third-order valence-electron chi connectivity index (χ3n) is 4.44. The van der Waals surface area contributed by atoms with E-state index in [1.54, 1.807) is 4.90 Å². The third-order valence-corrected chi connectivity index (χ3v) is 4.44. The lowest BCUT2D eigenvalue weighted by atomic mass is 10.1. The van der Waals surface area contributed by atoms with E-state index < -0.39 is 5.82 Å². The molecule has 1 aliphatic heterocycles. The van der Waals surface area contributed by atoms with Gasteiger partial charge in [-0.15, -0.1) is 0 Å². The number of fused-ring (bicyclic) bond motifs is 1. The van der Waals surface area contributed by atoms with Crippen molar-refractivity contribution in [3.05, 3.63) is 42.1 Å². The molecule has 9 heteroatoms. The van der Waals surface area contributed by atoms with Crippen LogP contribution in [0.2, 0.25) is 0 Å². The Labute approximate surface area is 154 Å². The van der Waals surface area contributed by atoms with E-state index in [-0.39, 0.29) is 28.8 Å². The van der Waals surface area contributed by atoms with Crippen LogP contribution in [0.4, 0.5) is 14.9 Å². The number of nitrogens with one attached hydrogen (secondary N) is 1. The Morgan fingerprint density at radius 3 is 2.74 bits per heavy atom. The lowest BCUT2D eigenvalue weighted by Gasteiger charge is -2.16. The van der Waals surface area contributed by atoms with Crippen LogP contribution in [0.15, 0.2) is 30.6 Å². The molecular formula is C18H17FN6O2. The van der Waals surface area contributed by atoms with Gasteiger partial charge in [-0.25, -0.2) is 23.7 Å². The number of ketones is 1. The lowest BCUT2D eigenvalue weighted by Crippen LogP contribution is -2.32. The standard InChI is InChI=1S/C18H17FN6O2/c1-11(26)15-9-20-17-22-16(10-25(17)23-15)13-8-12(4-5-14(13)19)21-18(27)24-6-2-3-7-24/h4-5,8-10H,2-3,6-7H2,1H3,(H,21,27). The summed E-state index contributed by atoms with van der Waals surface area (Å²) in [4.78, 5) is 33.7. The molecule has 0 unspecified atom stereocenters. The van der Waals surface area contributed by atoms with Crippen LogP contribution in [0, 0.1) is 5.82 Å². The molecule has 3 aromatic rings. The predicted molar refractivity (Wildman–Crippen MR) is 96.0 cm³/mol. The van der Waals surface area contributed by atoms with E-state index >= 15 is 0 Å². The summed E-state index contributed by atoms with van der Waals surface area (Å²) in [6.45, 7) is 2.84. The molecule has 0 spiro atoms. The SMILES string of the molecule is CC(=O)c1cnc2nc(-c3cc(NC(=O)N4CCCC4)ccc3F)cn2n1. The molecule has 0 bridgehead atoms. The lowest BCUT2D eigenvalue weighted by molar-refractivity contribution is 0.101. The zero-order chi connectivity index (χ0) is 19.0. The highest BCUT2D eigenvalue weighted by atomic mass is 19.1. The summed E-state index contributed by atoms with van der Waals surface area (Å²) in [5.74, 6) is -0.456. The van der Waals surface area contributed by atoms with E-state index in [1.807, 2.05) is 0 Å².